The van der Waals surface area contributed by atoms with Crippen LogP contribution in [0.25, 0.3) is 0 Å². The molecule has 0 aliphatic carbocycles. The average Bonchev–Trinajstić information content (AvgIpc) is 2.52. The van der Waals surface area contributed by atoms with Gasteiger partial charge in [-0.15, -0.1) is 0 Å². The summed E-state index contributed by atoms with van der Waals surface area (Å²) in [5, 5.41) is 4.57. The van der Waals surface area contributed by atoms with Crippen LogP contribution in [0, 0.1) is 5.92 Å². The van der Waals surface area contributed by atoms with Gasteiger partial charge in [-0.3, -0.25) is 10.1 Å². The van der Waals surface area contributed by atoms with E-state index in [2.05, 4.69) is 24.5 Å². The summed E-state index contributed by atoms with van der Waals surface area (Å²) in [6.07, 6.45) is 0.948. The number of carbonyl (C=O) groups excluding carboxylic acids is 3. The van der Waals surface area contributed by atoms with Gasteiger partial charge in [0.15, 0.2) is 6.61 Å². The number of rotatable bonds is 8. The van der Waals surface area contributed by atoms with Crippen molar-refractivity contribution < 1.29 is 23.9 Å². The Bertz CT molecular complexity index is 582. The Labute approximate surface area is 148 Å². The highest BCUT2D eigenvalue weighted by atomic mass is 16.5. The third-order valence-electron chi connectivity index (χ3n) is 3.06. The van der Waals surface area contributed by atoms with Gasteiger partial charge in [0.2, 0.25) is 0 Å². The minimum absolute atomic E-state index is 0.100. The zero-order valence-corrected chi connectivity index (χ0v) is 15.1. The fourth-order valence-electron chi connectivity index (χ4n) is 1.78. The van der Waals surface area contributed by atoms with Crippen molar-refractivity contribution in [1.82, 2.24) is 10.6 Å². The van der Waals surface area contributed by atoms with E-state index in [-0.39, 0.29) is 6.04 Å². The van der Waals surface area contributed by atoms with Crippen LogP contribution >= 0.6 is 0 Å². The molecule has 1 aromatic rings. The molecule has 7 heteroatoms. The van der Waals surface area contributed by atoms with E-state index in [1.54, 1.807) is 38.1 Å². The molecule has 3 amide bonds. The zero-order chi connectivity index (χ0) is 18.8. The van der Waals surface area contributed by atoms with Crippen molar-refractivity contribution in [3.05, 3.63) is 29.8 Å². The van der Waals surface area contributed by atoms with Gasteiger partial charge in [-0.05, 0) is 50.5 Å². The maximum absolute atomic E-state index is 11.9. The summed E-state index contributed by atoms with van der Waals surface area (Å²) in [5.41, 5.74) is 0.302. The lowest BCUT2D eigenvalue weighted by atomic mass is 10.1. The van der Waals surface area contributed by atoms with E-state index in [4.69, 9.17) is 9.47 Å². The predicted molar refractivity (Wildman–Crippen MR) is 93.5 cm³/mol. The Kier molecular flexibility index (Phi) is 8.46. The summed E-state index contributed by atoms with van der Waals surface area (Å²) in [5.74, 6) is -0.114. The molecule has 0 heterocycles. The number of nitrogens with one attached hydrogen (secondary N) is 2. The van der Waals surface area contributed by atoms with Crippen molar-refractivity contribution >= 4 is 17.9 Å². The summed E-state index contributed by atoms with van der Waals surface area (Å²) in [6, 6.07) is 5.75. The summed E-state index contributed by atoms with van der Waals surface area (Å²) in [4.78, 5) is 34.8. The zero-order valence-electron chi connectivity index (χ0n) is 15.1. The molecule has 0 atom stereocenters. The molecule has 0 fully saturated rings. The molecule has 0 bridgehead atoms. The minimum atomic E-state index is -0.694. The van der Waals surface area contributed by atoms with Gasteiger partial charge in [-0.2, -0.15) is 0 Å². The number of esters is 1. The smallest absolute Gasteiger partial charge is 0.338 e. The molecule has 1 aromatic carbocycles. The van der Waals surface area contributed by atoms with Gasteiger partial charge in [0.25, 0.3) is 5.91 Å². The van der Waals surface area contributed by atoms with Crippen molar-refractivity contribution in [3.8, 4) is 5.75 Å². The molecule has 0 saturated heterocycles. The van der Waals surface area contributed by atoms with E-state index < -0.39 is 24.5 Å². The molecule has 1 rings (SSSR count). The lowest BCUT2D eigenvalue weighted by molar-refractivity contribution is -0.123. The molecule has 0 unspecified atom stereocenters. The summed E-state index contributed by atoms with van der Waals surface area (Å²) in [7, 11) is 0. The van der Waals surface area contributed by atoms with Crippen LogP contribution in [0.4, 0.5) is 4.79 Å². The SMILES string of the molecule is CC(C)CCOc1ccc(C(=O)OCC(=O)NC(=O)NC(C)C)cc1. The Morgan fingerprint density at radius 2 is 1.68 bits per heavy atom. The van der Waals surface area contributed by atoms with Crippen LogP contribution in [0.2, 0.25) is 0 Å². The highest BCUT2D eigenvalue weighted by Crippen LogP contribution is 2.14. The Balaban J connectivity index is 2.39. The molecule has 0 aromatic heterocycles. The lowest BCUT2D eigenvalue weighted by Gasteiger charge is -2.10. The Morgan fingerprint density at radius 1 is 1.04 bits per heavy atom. The summed E-state index contributed by atoms with van der Waals surface area (Å²) < 4.78 is 10.4. The number of carbonyl (C=O) groups is 3. The third kappa shape index (κ3) is 8.74. The van der Waals surface area contributed by atoms with E-state index in [1.807, 2.05) is 0 Å². The number of hydrogen-bond donors (Lipinski definition) is 2. The van der Waals surface area contributed by atoms with Gasteiger partial charge in [0.1, 0.15) is 5.75 Å². The van der Waals surface area contributed by atoms with Gasteiger partial charge in [0, 0.05) is 6.04 Å². The number of urea groups is 1. The van der Waals surface area contributed by atoms with Gasteiger partial charge < -0.3 is 14.8 Å². The second kappa shape index (κ2) is 10.3. The molecule has 0 radical (unpaired) electrons. The van der Waals surface area contributed by atoms with Crippen LogP contribution in [0.1, 0.15) is 44.5 Å². The molecule has 25 heavy (non-hydrogen) atoms. The summed E-state index contributed by atoms with van der Waals surface area (Å²) >= 11 is 0. The van der Waals surface area contributed by atoms with Crippen molar-refractivity contribution in [2.45, 2.75) is 40.2 Å². The van der Waals surface area contributed by atoms with E-state index >= 15 is 0 Å². The third-order valence-corrected chi connectivity index (χ3v) is 3.06. The highest BCUT2D eigenvalue weighted by molar-refractivity contribution is 5.97. The molecule has 138 valence electrons. The second-order valence-electron chi connectivity index (χ2n) is 6.31. The Morgan fingerprint density at radius 3 is 2.24 bits per heavy atom. The van der Waals surface area contributed by atoms with Crippen molar-refractivity contribution in [2.24, 2.45) is 5.92 Å². The number of ether oxygens (including phenoxy) is 2. The minimum Gasteiger partial charge on any atom is -0.494 e. The van der Waals surface area contributed by atoms with Crippen molar-refractivity contribution in [3.63, 3.8) is 0 Å². The average molecular weight is 350 g/mol. The van der Waals surface area contributed by atoms with Crippen LogP contribution in [-0.2, 0) is 9.53 Å². The quantitative estimate of drug-likeness (QED) is 0.703. The van der Waals surface area contributed by atoms with E-state index in [1.165, 1.54) is 0 Å². The maximum Gasteiger partial charge on any atom is 0.338 e. The largest absolute Gasteiger partial charge is 0.494 e. The second-order valence-corrected chi connectivity index (χ2v) is 6.31. The first-order valence-corrected chi connectivity index (χ1v) is 8.28. The standard InChI is InChI=1S/C18H26N2O5/c1-12(2)9-10-24-15-7-5-14(6-8-15)17(22)25-11-16(21)20-18(23)19-13(3)4/h5-8,12-13H,9-11H2,1-4H3,(H2,19,20,21,23). The van der Waals surface area contributed by atoms with Crippen LogP contribution in [0.3, 0.4) is 0 Å². The predicted octanol–water partition coefficient (Wildman–Crippen LogP) is 2.50. The van der Waals surface area contributed by atoms with Gasteiger partial charge in [0.05, 0.1) is 12.2 Å². The normalized spacial score (nSPS) is 10.5. The van der Waals surface area contributed by atoms with E-state index in [9.17, 15) is 14.4 Å². The molecular formula is C18H26N2O5. The van der Waals surface area contributed by atoms with Crippen molar-refractivity contribution in [1.29, 1.82) is 0 Å². The number of benzene rings is 1. The van der Waals surface area contributed by atoms with Gasteiger partial charge >= 0.3 is 12.0 Å². The lowest BCUT2D eigenvalue weighted by Crippen LogP contribution is -2.44. The fraction of sp³-hybridized carbons (Fsp3) is 0.500. The highest BCUT2D eigenvalue weighted by Gasteiger charge is 2.13. The van der Waals surface area contributed by atoms with Crippen LogP contribution < -0.4 is 15.4 Å². The first kappa shape index (κ1) is 20.5. The number of hydrogen-bond acceptors (Lipinski definition) is 5. The first-order chi connectivity index (χ1) is 11.8. The van der Waals surface area contributed by atoms with Gasteiger partial charge in [-0.1, -0.05) is 13.8 Å². The summed E-state index contributed by atoms with van der Waals surface area (Å²) in [6.45, 7) is 7.84. The first-order valence-electron chi connectivity index (χ1n) is 8.28. The molecule has 0 aliphatic heterocycles. The fourth-order valence-corrected chi connectivity index (χ4v) is 1.78. The molecule has 0 saturated carbocycles. The molecular weight excluding hydrogens is 324 g/mol. The molecule has 7 nitrogen and oxygen atoms in total. The molecule has 2 N–H and O–H groups in total. The topological polar surface area (TPSA) is 93.7 Å². The Hall–Kier alpha value is -2.57. The van der Waals surface area contributed by atoms with Crippen molar-refractivity contribution in [2.75, 3.05) is 13.2 Å². The maximum atomic E-state index is 11.9. The van der Waals surface area contributed by atoms with Crippen LogP contribution in [0.15, 0.2) is 24.3 Å². The number of imide groups is 1. The van der Waals surface area contributed by atoms with Crippen LogP contribution in [-0.4, -0.2) is 37.2 Å². The van der Waals surface area contributed by atoms with E-state index in [0.717, 1.165) is 6.42 Å². The molecule has 0 aliphatic rings. The molecule has 0 spiro atoms. The van der Waals surface area contributed by atoms with Crippen LogP contribution in [0.5, 0.6) is 5.75 Å². The number of amides is 3. The van der Waals surface area contributed by atoms with E-state index in [0.29, 0.717) is 23.8 Å². The van der Waals surface area contributed by atoms with Gasteiger partial charge in [-0.25, -0.2) is 9.59 Å². The monoisotopic (exact) mass is 350 g/mol.